The van der Waals surface area contributed by atoms with Crippen molar-refractivity contribution in [2.24, 2.45) is 12.5 Å². The zero-order valence-corrected chi connectivity index (χ0v) is 14.0. The van der Waals surface area contributed by atoms with Crippen molar-refractivity contribution in [2.75, 3.05) is 0 Å². The lowest BCUT2D eigenvalue weighted by Gasteiger charge is -2.19. The molecule has 0 saturated heterocycles. The van der Waals surface area contributed by atoms with Crippen LogP contribution < -0.4 is 5.56 Å². The predicted octanol–water partition coefficient (Wildman–Crippen LogP) is 4.02. The van der Waals surface area contributed by atoms with Gasteiger partial charge < -0.3 is 0 Å². The van der Waals surface area contributed by atoms with Crippen LogP contribution in [0.2, 0.25) is 10.0 Å². The van der Waals surface area contributed by atoms with E-state index in [2.05, 4.69) is 6.92 Å². The van der Waals surface area contributed by atoms with E-state index >= 15 is 0 Å². The second-order valence-corrected chi connectivity index (χ2v) is 8.03. The Morgan fingerprint density at radius 3 is 2.77 bits per heavy atom. The highest BCUT2D eigenvalue weighted by Crippen LogP contribution is 2.83. The number of nitrogens with zero attached hydrogens (tertiary/aromatic N) is 2. The molecule has 1 unspecified atom stereocenters. The third-order valence-electron chi connectivity index (χ3n) is 6.53. The highest BCUT2D eigenvalue weighted by molar-refractivity contribution is 6.43. The van der Waals surface area contributed by atoms with Crippen LogP contribution in [0.15, 0.2) is 23.0 Å². The van der Waals surface area contributed by atoms with Crippen LogP contribution >= 0.6 is 23.2 Å². The molecule has 114 valence electrons. The Balaban J connectivity index is 1.83. The summed E-state index contributed by atoms with van der Waals surface area (Å²) in [5, 5.41) is 0.916. The minimum atomic E-state index is 0.0826. The molecule has 3 nitrogen and oxygen atoms in total. The van der Waals surface area contributed by atoms with Gasteiger partial charge in [0.1, 0.15) is 0 Å². The first-order chi connectivity index (χ1) is 10.4. The van der Waals surface area contributed by atoms with E-state index in [0.717, 1.165) is 12.0 Å². The summed E-state index contributed by atoms with van der Waals surface area (Å²) in [6.07, 6.45) is 3.58. The van der Waals surface area contributed by atoms with Crippen molar-refractivity contribution in [1.29, 1.82) is 0 Å². The van der Waals surface area contributed by atoms with Crippen molar-refractivity contribution >= 4 is 23.2 Å². The fourth-order valence-electron chi connectivity index (χ4n) is 5.49. The normalized spacial score (nSPS) is 33.9. The molecule has 0 radical (unpaired) electrons. The van der Waals surface area contributed by atoms with Crippen LogP contribution in [0.1, 0.15) is 43.4 Å². The molecule has 3 aliphatic carbocycles. The lowest BCUT2D eigenvalue weighted by molar-refractivity contribution is 0.470. The van der Waals surface area contributed by atoms with Crippen molar-refractivity contribution in [3.63, 3.8) is 0 Å². The molecule has 0 aliphatic heterocycles. The minimum Gasteiger partial charge on any atom is -0.284 e. The van der Waals surface area contributed by atoms with E-state index in [1.165, 1.54) is 18.5 Å². The van der Waals surface area contributed by atoms with Crippen molar-refractivity contribution < 1.29 is 0 Å². The molecular weight excluding hydrogens is 319 g/mol. The molecule has 0 amide bonds. The number of fused-ring (bicyclic) bond motifs is 2. The summed E-state index contributed by atoms with van der Waals surface area (Å²) in [6.45, 7) is 2.35. The Kier molecular flexibility index (Phi) is 2.20. The minimum absolute atomic E-state index is 0.0826. The van der Waals surface area contributed by atoms with Crippen molar-refractivity contribution in [1.82, 2.24) is 9.36 Å². The molecule has 0 spiro atoms. The molecule has 3 aliphatic rings. The number of hydrogen-bond donors (Lipinski definition) is 0. The van der Waals surface area contributed by atoms with Gasteiger partial charge in [0, 0.05) is 18.0 Å². The summed E-state index contributed by atoms with van der Waals surface area (Å²) in [4.78, 5) is 13.1. The second-order valence-electron chi connectivity index (χ2n) is 7.24. The lowest BCUT2D eigenvalue weighted by atomic mass is 9.86. The summed E-state index contributed by atoms with van der Waals surface area (Å²) < 4.78 is 3.73. The highest BCUT2D eigenvalue weighted by atomic mass is 35.5. The molecule has 1 aromatic heterocycles. The van der Waals surface area contributed by atoms with E-state index in [1.807, 2.05) is 23.9 Å². The van der Waals surface area contributed by atoms with Crippen LogP contribution in [0.25, 0.3) is 5.69 Å². The molecule has 2 bridgehead atoms. The smallest absolute Gasteiger partial charge is 0.275 e. The Labute approximate surface area is 138 Å². The maximum atomic E-state index is 13.1. The van der Waals surface area contributed by atoms with Crippen LogP contribution in [-0.4, -0.2) is 9.36 Å². The molecule has 1 heterocycles. The molecule has 2 aromatic rings. The molecule has 2 saturated carbocycles. The average Bonchev–Trinajstić information content (AvgIpc) is 2.73. The first-order valence-corrected chi connectivity index (χ1v) is 8.45. The standard InChI is InChI=1S/C17H16Cl2N2O/c1-16-8-17(16)7-6-9(16)12-14(17)20(2)21(15(12)22)11-5-3-4-10(18)13(11)19/h3-5,9H,6-8H2,1-2H3/t9-,16?,17-/m1/s1. The van der Waals surface area contributed by atoms with Gasteiger partial charge in [-0.25, -0.2) is 4.68 Å². The highest BCUT2D eigenvalue weighted by Gasteiger charge is 2.78. The van der Waals surface area contributed by atoms with Crippen molar-refractivity contribution in [2.45, 2.75) is 37.5 Å². The zero-order chi connectivity index (χ0) is 15.4. The topological polar surface area (TPSA) is 26.9 Å². The van der Waals surface area contributed by atoms with Gasteiger partial charge in [0.05, 0.1) is 21.4 Å². The Hall–Kier alpha value is -1.19. The van der Waals surface area contributed by atoms with Gasteiger partial charge in [0.2, 0.25) is 0 Å². The second kappa shape index (κ2) is 3.65. The van der Waals surface area contributed by atoms with Crippen LogP contribution in [0, 0.1) is 5.41 Å². The van der Waals surface area contributed by atoms with Crippen molar-refractivity contribution in [3.05, 3.63) is 49.9 Å². The predicted molar refractivity (Wildman–Crippen MR) is 87.4 cm³/mol. The number of rotatable bonds is 1. The monoisotopic (exact) mass is 334 g/mol. The number of aromatic nitrogens is 2. The molecule has 3 atom stereocenters. The number of hydrogen-bond acceptors (Lipinski definition) is 1. The average molecular weight is 335 g/mol. The fourth-order valence-corrected chi connectivity index (χ4v) is 5.87. The summed E-state index contributed by atoms with van der Waals surface area (Å²) >= 11 is 12.5. The first-order valence-electron chi connectivity index (χ1n) is 7.69. The third-order valence-corrected chi connectivity index (χ3v) is 7.34. The Bertz CT molecular complexity index is 908. The number of halogens is 2. The third kappa shape index (κ3) is 1.16. The van der Waals surface area contributed by atoms with Gasteiger partial charge in [0.25, 0.3) is 5.56 Å². The number of benzene rings is 1. The van der Waals surface area contributed by atoms with Crippen LogP contribution in [0.3, 0.4) is 0 Å². The van der Waals surface area contributed by atoms with Gasteiger partial charge >= 0.3 is 0 Å². The molecule has 5 heteroatoms. The quantitative estimate of drug-likeness (QED) is 0.773. The van der Waals surface area contributed by atoms with E-state index in [1.54, 1.807) is 10.7 Å². The van der Waals surface area contributed by atoms with Gasteiger partial charge in [-0.15, -0.1) is 0 Å². The van der Waals surface area contributed by atoms with E-state index in [0.29, 0.717) is 27.1 Å². The molecule has 22 heavy (non-hydrogen) atoms. The summed E-state index contributed by atoms with van der Waals surface area (Å²) in [7, 11) is 1.98. The molecule has 5 rings (SSSR count). The molecular formula is C17H16Cl2N2O. The van der Waals surface area contributed by atoms with Gasteiger partial charge in [-0.05, 0) is 42.7 Å². The summed E-state index contributed by atoms with van der Waals surface area (Å²) in [5.41, 5.74) is 3.59. The van der Waals surface area contributed by atoms with Crippen LogP contribution in [0.4, 0.5) is 0 Å². The Morgan fingerprint density at radius 2 is 2.09 bits per heavy atom. The van der Waals surface area contributed by atoms with Crippen molar-refractivity contribution in [3.8, 4) is 5.69 Å². The largest absolute Gasteiger partial charge is 0.284 e. The maximum absolute atomic E-state index is 13.1. The van der Waals surface area contributed by atoms with Gasteiger partial charge in [-0.1, -0.05) is 36.2 Å². The van der Waals surface area contributed by atoms with Crippen LogP contribution in [0.5, 0.6) is 0 Å². The lowest BCUT2D eigenvalue weighted by Crippen LogP contribution is -2.24. The van der Waals surface area contributed by atoms with Gasteiger partial charge in [0.15, 0.2) is 0 Å². The zero-order valence-electron chi connectivity index (χ0n) is 12.5. The summed E-state index contributed by atoms with van der Waals surface area (Å²) in [5.74, 6) is 0.417. The van der Waals surface area contributed by atoms with Gasteiger partial charge in [-0.3, -0.25) is 9.48 Å². The van der Waals surface area contributed by atoms with E-state index < -0.39 is 0 Å². The molecule has 0 N–H and O–H groups in total. The summed E-state index contributed by atoms with van der Waals surface area (Å²) in [6, 6.07) is 5.44. The van der Waals surface area contributed by atoms with E-state index in [9.17, 15) is 4.79 Å². The van der Waals surface area contributed by atoms with E-state index in [-0.39, 0.29) is 11.0 Å². The SMILES string of the molecule is Cn1c2c(c(=O)n1-c1cccc(Cl)c1Cl)[C@H]1CC[C@@]23CC13C. The Morgan fingerprint density at radius 1 is 1.32 bits per heavy atom. The van der Waals surface area contributed by atoms with Gasteiger partial charge in [-0.2, -0.15) is 0 Å². The van der Waals surface area contributed by atoms with Crippen LogP contribution in [-0.2, 0) is 12.5 Å². The molecule has 2 fully saturated rings. The maximum Gasteiger partial charge on any atom is 0.275 e. The van der Waals surface area contributed by atoms with E-state index in [4.69, 9.17) is 23.2 Å². The first kappa shape index (κ1) is 13.3. The fraction of sp³-hybridized carbons (Fsp3) is 0.471. The molecule has 1 aromatic carbocycles.